The van der Waals surface area contributed by atoms with E-state index in [0.29, 0.717) is 13.1 Å². The maximum atomic E-state index is 12.8. The van der Waals surface area contributed by atoms with Gasteiger partial charge in [0.2, 0.25) is 11.8 Å². The molecule has 1 aliphatic heterocycles. The van der Waals surface area contributed by atoms with Gasteiger partial charge in [-0.15, -0.1) is 0 Å². The number of hydrogen-bond donors (Lipinski definition) is 0. The zero-order valence-electron chi connectivity index (χ0n) is 19.9. The van der Waals surface area contributed by atoms with E-state index in [1.54, 1.807) is 30.8 Å². The number of likely N-dealkylation sites (tertiary alicyclic amines) is 1. The summed E-state index contributed by atoms with van der Waals surface area (Å²) in [6.07, 6.45) is 1.87. The summed E-state index contributed by atoms with van der Waals surface area (Å²) < 4.78 is 0. The molecule has 6 heteroatoms. The highest BCUT2D eigenvalue weighted by Crippen LogP contribution is 2.34. The molecule has 2 heterocycles. The molecule has 1 aliphatic rings. The average Bonchev–Trinajstić information content (AvgIpc) is 3.25. The Labute approximate surface area is 195 Å². The first-order valence-electron chi connectivity index (χ1n) is 11.4. The molecule has 2 aromatic carbocycles. The first kappa shape index (κ1) is 22.9. The fourth-order valence-electron chi connectivity index (χ4n) is 4.80. The van der Waals surface area contributed by atoms with Crippen molar-refractivity contribution < 1.29 is 9.59 Å². The summed E-state index contributed by atoms with van der Waals surface area (Å²) in [4.78, 5) is 34.9. The van der Waals surface area contributed by atoms with Crippen molar-refractivity contribution in [3.05, 3.63) is 77.5 Å². The number of nitrogens with zero attached hydrogens (tertiary/aromatic N) is 4. The van der Waals surface area contributed by atoms with E-state index in [9.17, 15) is 9.59 Å². The zero-order valence-corrected chi connectivity index (χ0v) is 19.9. The quantitative estimate of drug-likeness (QED) is 0.584. The van der Waals surface area contributed by atoms with Crippen LogP contribution in [0.15, 0.2) is 60.8 Å². The number of pyridine rings is 1. The summed E-state index contributed by atoms with van der Waals surface area (Å²) in [5.74, 6) is -0.0655. The highest BCUT2D eigenvalue weighted by Gasteiger charge is 2.40. The molecule has 0 radical (unpaired) electrons. The Bertz CT molecular complexity index is 1140. The molecule has 1 saturated heterocycles. The Morgan fingerprint density at radius 2 is 1.70 bits per heavy atom. The second-order valence-corrected chi connectivity index (χ2v) is 9.27. The van der Waals surface area contributed by atoms with E-state index in [2.05, 4.69) is 59.4 Å². The van der Waals surface area contributed by atoms with Gasteiger partial charge >= 0.3 is 0 Å². The van der Waals surface area contributed by atoms with Crippen LogP contribution in [-0.2, 0) is 22.7 Å². The monoisotopic (exact) mass is 444 g/mol. The summed E-state index contributed by atoms with van der Waals surface area (Å²) in [5.41, 5.74) is 4.62. The van der Waals surface area contributed by atoms with Gasteiger partial charge in [0.15, 0.2) is 0 Å². The molecule has 3 aromatic rings. The summed E-state index contributed by atoms with van der Waals surface area (Å²) in [6.45, 7) is 4.31. The van der Waals surface area contributed by atoms with Crippen LogP contribution in [0.1, 0.15) is 29.5 Å². The maximum absolute atomic E-state index is 12.8. The van der Waals surface area contributed by atoms with E-state index in [4.69, 9.17) is 0 Å². The van der Waals surface area contributed by atoms with Gasteiger partial charge < -0.3 is 9.80 Å². The molecule has 0 saturated carbocycles. The van der Waals surface area contributed by atoms with E-state index in [1.807, 2.05) is 18.3 Å². The molecular formula is C27H32N4O2. The third-order valence-electron chi connectivity index (χ3n) is 6.56. The van der Waals surface area contributed by atoms with E-state index < -0.39 is 0 Å². The van der Waals surface area contributed by atoms with E-state index in [-0.39, 0.29) is 23.7 Å². The fraction of sp³-hybridized carbons (Fsp3) is 0.370. The van der Waals surface area contributed by atoms with Crippen molar-refractivity contribution >= 4 is 22.7 Å². The van der Waals surface area contributed by atoms with Crippen LogP contribution < -0.4 is 0 Å². The van der Waals surface area contributed by atoms with Crippen molar-refractivity contribution in [1.82, 2.24) is 19.7 Å². The molecule has 33 heavy (non-hydrogen) atoms. The van der Waals surface area contributed by atoms with Gasteiger partial charge in [0.05, 0.1) is 11.4 Å². The lowest BCUT2D eigenvalue weighted by atomic mass is 9.87. The summed E-state index contributed by atoms with van der Waals surface area (Å²) in [7, 11) is 5.68. The Morgan fingerprint density at radius 3 is 2.39 bits per heavy atom. The van der Waals surface area contributed by atoms with Crippen molar-refractivity contribution in [2.45, 2.75) is 25.9 Å². The minimum Gasteiger partial charge on any atom is -0.349 e. The number of fused-ring (bicyclic) bond motifs is 1. The van der Waals surface area contributed by atoms with Crippen molar-refractivity contribution in [2.24, 2.45) is 5.92 Å². The second kappa shape index (κ2) is 9.71. The Hall–Kier alpha value is -3.25. The Balaban J connectivity index is 1.46. The van der Waals surface area contributed by atoms with Crippen molar-refractivity contribution in [3.63, 3.8) is 0 Å². The number of carbonyl (C=O) groups is 2. The third kappa shape index (κ3) is 5.06. The van der Waals surface area contributed by atoms with Gasteiger partial charge in [-0.25, -0.2) is 0 Å². The standard InChI is InChI=1S/C27H32N4O2/c1-19(32)31-17-24(25(18-31)27(33)29(2)3)21-11-9-20(10-12-21)15-30(4)16-22-13-14-28-26-8-6-5-7-23(22)26/h5-14,24-25H,15-18H2,1-4H3/t24-,25+/m1/s1. The lowest BCUT2D eigenvalue weighted by Gasteiger charge is -2.22. The van der Waals surface area contributed by atoms with Gasteiger partial charge in [-0.3, -0.25) is 19.5 Å². The fourth-order valence-corrected chi connectivity index (χ4v) is 4.80. The van der Waals surface area contributed by atoms with Gasteiger partial charge in [-0.1, -0.05) is 42.5 Å². The largest absolute Gasteiger partial charge is 0.349 e. The zero-order chi connectivity index (χ0) is 23.5. The van der Waals surface area contributed by atoms with Crippen molar-refractivity contribution in [1.29, 1.82) is 0 Å². The molecule has 0 bridgehead atoms. The highest BCUT2D eigenvalue weighted by molar-refractivity contribution is 5.83. The van der Waals surface area contributed by atoms with Gasteiger partial charge in [-0.2, -0.15) is 0 Å². The molecule has 172 valence electrons. The van der Waals surface area contributed by atoms with Crippen molar-refractivity contribution in [3.8, 4) is 0 Å². The predicted octanol–water partition coefficient (Wildman–Crippen LogP) is 3.52. The number of rotatable bonds is 6. The predicted molar refractivity (Wildman–Crippen MR) is 131 cm³/mol. The average molecular weight is 445 g/mol. The van der Waals surface area contributed by atoms with Crippen LogP contribution in [0.3, 0.4) is 0 Å². The van der Waals surface area contributed by atoms with Gasteiger partial charge in [0.25, 0.3) is 0 Å². The van der Waals surface area contributed by atoms with Crippen LogP contribution in [-0.4, -0.2) is 65.7 Å². The van der Waals surface area contributed by atoms with Gasteiger partial charge in [0, 0.05) is 64.7 Å². The van der Waals surface area contributed by atoms with Crippen LogP contribution in [0.4, 0.5) is 0 Å². The van der Waals surface area contributed by atoms with E-state index >= 15 is 0 Å². The number of hydrogen-bond acceptors (Lipinski definition) is 4. The lowest BCUT2D eigenvalue weighted by molar-refractivity contribution is -0.133. The SMILES string of the molecule is CC(=O)N1C[C@H](C(=O)N(C)C)[C@@H](c2ccc(CN(C)Cc3ccnc4ccccc34)cc2)C1. The molecular weight excluding hydrogens is 412 g/mol. The number of amides is 2. The van der Waals surface area contributed by atoms with Crippen LogP contribution in [0, 0.1) is 5.92 Å². The van der Waals surface area contributed by atoms with Crippen LogP contribution in [0.2, 0.25) is 0 Å². The molecule has 2 amide bonds. The molecule has 0 N–H and O–H groups in total. The molecule has 0 aliphatic carbocycles. The normalized spacial score (nSPS) is 18.2. The third-order valence-corrected chi connectivity index (χ3v) is 6.56. The number of carbonyl (C=O) groups excluding carboxylic acids is 2. The van der Waals surface area contributed by atoms with E-state index in [0.717, 1.165) is 24.2 Å². The van der Waals surface area contributed by atoms with Crippen LogP contribution in [0.5, 0.6) is 0 Å². The van der Waals surface area contributed by atoms with Crippen LogP contribution >= 0.6 is 0 Å². The molecule has 4 rings (SSSR count). The summed E-state index contributed by atoms with van der Waals surface area (Å²) >= 11 is 0. The first-order valence-corrected chi connectivity index (χ1v) is 11.4. The number of para-hydroxylation sites is 1. The Morgan fingerprint density at radius 1 is 0.970 bits per heavy atom. The molecule has 0 unspecified atom stereocenters. The number of aromatic nitrogens is 1. The molecule has 1 fully saturated rings. The Kier molecular flexibility index (Phi) is 6.75. The molecule has 1 aromatic heterocycles. The topological polar surface area (TPSA) is 56.8 Å². The minimum atomic E-state index is -0.197. The molecule has 6 nitrogen and oxygen atoms in total. The first-order chi connectivity index (χ1) is 15.8. The lowest BCUT2D eigenvalue weighted by Crippen LogP contribution is -2.34. The molecule has 2 atom stereocenters. The maximum Gasteiger partial charge on any atom is 0.227 e. The second-order valence-electron chi connectivity index (χ2n) is 9.27. The van der Waals surface area contributed by atoms with Crippen molar-refractivity contribution in [2.75, 3.05) is 34.2 Å². The van der Waals surface area contributed by atoms with Gasteiger partial charge in [-0.05, 0) is 35.9 Å². The van der Waals surface area contributed by atoms with E-state index in [1.165, 1.54) is 16.5 Å². The number of benzene rings is 2. The summed E-state index contributed by atoms with van der Waals surface area (Å²) in [5, 5.41) is 1.19. The smallest absolute Gasteiger partial charge is 0.227 e. The minimum absolute atomic E-state index is 0.0240. The van der Waals surface area contributed by atoms with Crippen LogP contribution in [0.25, 0.3) is 10.9 Å². The van der Waals surface area contributed by atoms with Gasteiger partial charge in [0.1, 0.15) is 0 Å². The highest BCUT2D eigenvalue weighted by atomic mass is 16.2. The summed E-state index contributed by atoms with van der Waals surface area (Å²) in [6, 6.07) is 18.8. The molecule has 0 spiro atoms.